The number of amides is 1. The first-order chi connectivity index (χ1) is 14.8. The number of thioether (sulfide) groups is 1. The lowest BCUT2D eigenvalue weighted by Gasteiger charge is -2.21. The van der Waals surface area contributed by atoms with Crippen molar-refractivity contribution in [3.8, 4) is 22.3 Å². The molecule has 3 aromatic rings. The van der Waals surface area contributed by atoms with Crippen molar-refractivity contribution in [2.24, 2.45) is 0 Å². The average molecular weight is 451 g/mol. The molecule has 4 rings (SSSR count). The van der Waals surface area contributed by atoms with E-state index < -0.39 is 11.4 Å². The lowest BCUT2D eigenvalue weighted by Crippen LogP contribution is -2.54. The molecule has 1 saturated heterocycles. The highest BCUT2D eigenvalue weighted by molar-refractivity contribution is 8.15. The van der Waals surface area contributed by atoms with Gasteiger partial charge < -0.3 is 5.32 Å². The van der Waals surface area contributed by atoms with Crippen molar-refractivity contribution in [2.45, 2.75) is 19.4 Å². The van der Waals surface area contributed by atoms with Crippen molar-refractivity contribution < 1.29 is 14.4 Å². The summed E-state index contributed by atoms with van der Waals surface area (Å²) in [7, 11) is 0. The zero-order valence-electron chi connectivity index (χ0n) is 16.9. The molecule has 1 aliphatic heterocycles. The fourth-order valence-corrected chi connectivity index (χ4v) is 4.60. The summed E-state index contributed by atoms with van der Waals surface area (Å²) in [4.78, 5) is 42.0. The number of aromatic nitrogens is 1. The topological polar surface area (TPSA) is 76.1 Å². The summed E-state index contributed by atoms with van der Waals surface area (Å²) >= 11 is 6.96. The van der Waals surface area contributed by atoms with Gasteiger partial charge in [-0.1, -0.05) is 41.6 Å². The number of rotatable bonds is 4. The van der Waals surface area contributed by atoms with E-state index in [4.69, 9.17) is 11.6 Å². The minimum Gasteiger partial charge on any atom is -0.333 e. The van der Waals surface area contributed by atoms with Crippen LogP contribution in [0.3, 0.4) is 0 Å². The molecule has 31 heavy (non-hydrogen) atoms. The maximum atomic E-state index is 13.1. The van der Waals surface area contributed by atoms with Crippen LogP contribution in [-0.2, 0) is 9.59 Å². The Hall–Kier alpha value is -2.96. The largest absolute Gasteiger partial charge is 0.333 e. The number of ketones is 1. The van der Waals surface area contributed by atoms with Crippen molar-refractivity contribution >= 4 is 40.2 Å². The van der Waals surface area contributed by atoms with Crippen LogP contribution in [0.5, 0.6) is 0 Å². The molecular formula is C24H19ClN2O3S. The first-order valence-corrected chi connectivity index (χ1v) is 11.0. The summed E-state index contributed by atoms with van der Waals surface area (Å²) < 4.78 is 0. The molecule has 1 atom stereocenters. The standard InChI is InChI=1S/C24H19ClN2O3S/c1-14-20(4-3-9-26-14)17-10-16(15-5-7-19(25)8-6-15)11-18(12-17)22(29)27-24(2)21(28)13-31-23(24)30/h3-12H,13H2,1-2H3,(H,27,29). The van der Waals surface area contributed by atoms with Crippen molar-refractivity contribution in [2.75, 3.05) is 5.75 Å². The first kappa shape index (κ1) is 21.3. The first-order valence-electron chi connectivity index (χ1n) is 9.64. The molecule has 2 heterocycles. The molecule has 2 aromatic carbocycles. The van der Waals surface area contributed by atoms with Crippen LogP contribution in [0.1, 0.15) is 23.0 Å². The summed E-state index contributed by atoms with van der Waals surface area (Å²) in [5, 5.41) is 2.93. The number of aryl methyl sites for hydroxylation is 1. The van der Waals surface area contributed by atoms with Crippen LogP contribution in [0.25, 0.3) is 22.3 Å². The molecule has 1 N–H and O–H groups in total. The second kappa shape index (κ2) is 8.29. The average Bonchev–Trinajstić information content (AvgIpc) is 3.01. The van der Waals surface area contributed by atoms with Crippen LogP contribution in [0.2, 0.25) is 5.02 Å². The quantitative estimate of drug-likeness (QED) is 0.582. The van der Waals surface area contributed by atoms with Gasteiger partial charge in [0.05, 0.1) is 5.75 Å². The van der Waals surface area contributed by atoms with Gasteiger partial charge in [-0.25, -0.2) is 0 Å². The number of Topliss-reactive ketones (excluding diaryl/α,β-unsaturated/α-hetero) is 1. The molecule has 5 nitrogen and oxygen atoms in total. The molecule has 1 fully saturated rings. The van der Waals surface area contributed by atoms with Gasteiger partial charge in [0.25, 0.3) is 5.91 Å². The van der Waals surface area contributed by atoms with E-state index in [0.717, 1.165) is 39.7 Å². The van der Waals surface area contributed by atoms with Crippen LogP contribution in [0.15, 0.2) is 60.8 Å². The van der Waals surface area contributed by atoms with Gasteiger partial charge in [0.15, 0.2) is 11.3 Å². The van der Waals surface area contributed by atoms with Crippen molar-refractivity contribution in [1.29, 1.82) is 0 Å². The van der Waals surface area contributed by atoms with E-state index in [-0.39, 0.29) is 16.7 Å². The molecule has 0 spiro atoms. The molecule has 7 heteroatoms. The Bertz CT molecular complexity index is 1190. The zero-order valence-corrected chi connectivity index (χ0v) is 18.5. The highest BCUT2D eigenvalue weighted by atomic mass is 35.5. The lowest BCUT2D eigenvalue weighted by atomic mass is 9.94. The number of hydrogen-bond donors (Lipinski definition) is 1. The van der Waals surface area contributed by atoms with Gasteiger partial charge in [0, 0.05) is 28.0 Å². The minimum atomic E-state index is -1.51. The normalized spacial score (nSPS) is 18.3. The second-order valence-electron chi connectivity index (χ2n) is 7.52. The number of pyridine rings is 1. The fraction of sp³-hybridized carbons (Fsp3) is 0.167. The maximum Gasteiger partial charge on any atom is 0.252 e. The van der Waals surface area contributed by atoms with Crippen LogP contribution in [0.4, 0.5) is 0 Å². The number of nitrogens with one attached hydrogen (secondary N) is 1. The number of nitrogens with zero attached hydrogens (tertiary/aromatic N) is 1. The van der Waals surface area contributed by atoms with Crippen LogP contribution >= 0.6 is 23.4 Å². The Morgan fingerprint density at radius 3 is 2.42 bits per heavy atom. The van der Waals surface area contributed by atoms with Gasteiger partial charge in [0.1, 0.15) is 0 Å². The number of carbonyl (C=O) groups is 3. The van der Waals surface area contributed by atoms with Gasteiger partial charge in [-0.15, -0.1) is 0 Å². The number of carbonyl (C=O) groups excluding carboxylic acids is 3. The third-order valence-corrected chi connectivity index (χ3v) is 6.68. The Balaban J connectivity index is 1.80. The number of halogens is 1. The molecule has 1 amide bonds. The minimum absolute atomic E-state index is 0.0700. The Labute approximate surface area is 189 Å². The van der Waals surface area contributed by atoms with Gasteiger partial charge in [-0.3, -0.25) is 19.4 Å². The third kappa shape index (κ3) is 4.13. The second-order valence-corrected chi connectivity index (χ2v) is 8.91. The molecule has 1 aliphatic rings. The van der Waals surface area contributed by atoms with E-state index >= 15 is 0 Å². The monoisotopic (exact) mass is 450 g/mol. The lowest BCUT2D eigenvalue weighted by molar-refractivity contribution is -0.127. The highest BCUT2D eigenvalue weighted by Gasteiger charge is 2.47. The summed E-state index contributed by atoms with van der Waals surface area (Å²) in [5.41, 5.74) is 3.07. The number of benzene rings is 2. The molecular weight excluding hydrogens is 432 g/mol. The van der Waals surface area contributed by atoms with E-state index in [1.807, 2.05) is 37.3 Å². The predicted octanol–water partition coefficient (Wildman–Crippen LogP) is 4.71. The van der Waals surface area contributed by atoms with Crippen LogP contribution < -0.4 is 5.32 Å². The van der Waals surface area contributed by atoms with Crippen molar-refractivity contribution in [3.05, 3.63) is 77.1 Å². The van der Waals surface area contributed by atoms with E-state index in [1.165, 1.54) is 6.92 Å². The van der Waals surface area contributed by atoms with Gasteiger partial charge in [-0.05, 0) is 66.9 Å². The summed E-state index contributed by atoms with van der Waals surface area (Å²) in [5.74, 6) is -0.709. The molecule has 0 bridgehead atoms. The van der Waals surface area contributed by atoms with Gasteiger partial charge >= 0.3 is 0 Å². The van der Waals surface area contributed by atoms with Crippen LogP contribution in [-0.4, -0.2) is 33.1 Å². The Morgan fingerprint density at radius 1 is 1.06 bits per heavy atom. The SMILES string of the molecule is Cc1ncccc1-c1cc(C(=O)NC2(C)C(=O)CSC2=O)cc(-c2ccc(Cl)cc2)c1. The Kier molecular flexibility index (Phi) is 5.69. The van der Waals surface area contributed by atoms with E-state index in [9.17, 15) is 14.4 Å². The molecule has 0 radical (unpaired) electrons. The molecule has 1 aromatic heterocycles. The van der Waals surface area contributed by atoms with Gasteiger partial charge in [0.2, 0.25) is 5.12 Å². The zero-order chi connectivity index (χ0) is 22.2. The fourth-order valence-electron chi connectivity index (χ4n) is 3.47. The number of hydrogen-bond acceptors (Lipinski definition) is 5. The van der Waals surface area contributed by atoms with E-state index in [2.05, 4.69) is 10.3 Å². The molecule has 0 saturated carbocycles. The summed E-state index contributed by atoms with van der Waals surface area (Å²) in [6.45, 7) is 3.36. The van der Waals surface area contributed by atoms with Crippen LogP contribution in [0, 0.1) is 6.92 Å². The van der Waals surface area contributed by atoms with Crippen molar-refractivity contribution in [1.82, 2.24) is 10.3 Å². The van der Waals surface area contributed by atoms with E-state index in [0.29, 0.717) is 10.6 Å². The summed E-state index contributed by atoms with van der Waals surface area (Å²) in [6, 6.07) is 16.6. The smallest absolute Gasteiger partial charge is 0.252 e. The third-order valence-electron chi connectivity index (χ3n) is 5.35. The Morgan fingerprint density at radius 2 is 1.77 bits per heavy atom. The van der Waals surface area contributed by atoms with Crippen molar-refractivity contribution in [3.63, 3.8) is 0 Å². The van der Waals surface area contributed by atoms with Gasteiger partial charge in [-0.2, -0.15) is 0 Å². The molecule has 1 unspecified atom stereocenters. The maximum absolute atomic E-state index is 13.1. The van der Waals surface area contributed by atoms with E-state index in [1.54, 1.807) is 30.5 Å². The summed E-state index contributed by atoms with van der Waals surface area (Å²) in [6.07, 6.45) is 1.71. The predicted molar refractivity (Wildman–Crippen MR) is 123 cm³/mol. The highest BCUT2D eigenvalue weighted by Crippen LogP contribution is 2.31. The molecule has 156 valence electrons. The molecule has 0 aliphatic carbocycles.